The number of nitrogens with one attached hydrogen (secondary N) is 1. The molecule has 0 fully saturated rings. The molecule has 154 valence electrons. The fourth-order valence-electron chi connectivity index (χ4n) is 2.92. The van der Waals surface area contributed by atoms with Crippen LogP contribution in [0, 0.1) is 5.82 Å². The van der Waals surface area contributed by atoms with Crippen LogP contribution < -0.4 is 15.8 Å². The van der Waals surface area contributed by atoms with E-state index in [0.29, 0.717) is 31.2 Å². The Morgan fingerprint density at radius 2 is 1.93 bits per heavy atom. The molecular formula is C21H25FN4O3. The summed E-state index contributed by atoms with van der Waals surface area (Å²) in [5.41, 5.74) is 6.88. The number of fused-ring (bicyclic) bond motifs is 1. The molecule has 0 bridgehead atoms. The highest BCUT2D eigenvalue weighted by Crippen LogP contribution is 2.26. The minimum atomic E-state index is -0.425. The molecule has 0 saturated heterocycles. The van der Waals surface area contributed by atoms with Crippen LogP contribution in [0.4, 0.5) is 4.39 Å². The molecule has 0 saturated carbocycles. The summed E-state index contributed by atoms with van der Waals surface area (Å²) >= 11 is 0. The average molecular weight is 400 g/mol. The van der Waals surface area contributed by atoms with Gasteiger partial charge in [-0.05, 0) is 50.2 Å². The van der Waals surface area contributed by atoms with Crippen LogP contribution in [0.5, 0.6) is 11.5 Å². The Bertz CT molecular complexity index is 970. The molecule has 3 N–H and O–H groups in total. The molecule has 0 atom stereocenters. The highest BCUT2D eigenvalue weighted by Gasteiger charge is 2.13. The third kappa shape index (κ3) is 5.75. The van der Waals surface area contributed by atoms with Gasteiger partial charge >= 0.3 is 0 Å². The summed E-state index contributed by atoms with van der Waals surface area (Å²) in [5.74, 6) is 1.19. The smallest absolute Gasteiger partial charge is 0.231 e. The van der Waals surface area contributed by atoms with Crippen molar-refractivity contribution in [3.8, 4) is 11.5 Å². The zero-order valence-electron chi connectivity index (χ0n) is 16.5. The number of carbonyl (C=O) groups excluding carboxylic acids is 1. The van der Waals surface area contributed by atoms with Crippen LogP contribution >= 0.6 is 0 Å². The van der Waals surface area contributed by atoms with Crippen LogP contribution in [0.2, 0.25) is 0 Å². The zero-order valence-corrected chi connectivity index (χ0v) is 16.5. The molecule has 3 aromatic rings. The van der Waals surface area contributed by atoms with E-state index in [1.165, 1.54) is 12.1 Å². The van der Waals surface area contributed by atoms with Gasteiger partial charge in [0.05, 0.1) is 36.8 Å². The maximum Gasteiger partial charge on any atom is 0.231 e. The number of ether oxygens (including phenoxy) is 2. The zero-order chi connectivity index (χ0) is 20.8. The SMILES string of the molecule is CC(C)OCCn1c(CNCC(N)=O)nc2ccc(Oc3ccc(F)cc3)cc21. The van der Waals surface area contributed by atoms with Gasteiger partial charge in [0, 0.05) is 12.6 Å². The Labute approximate surface area is 168 Å². The summed E-state index contributed by atoms with van der Waals surface area (Å²) in [6, 6.07) is 11.4. The summed E-state index contributed by atoms with van der Waals surface area (Å²) in [6.07, 6.45) is 0.124. The minimum Gasteiger partial charge on any atom is -0.457 e. The predicted molar refractivity (Wildman–Crippen MR) is 108 cm³/mol. The van der Waals surface area contributed by atoms with Crippen molar-refractivity contribution < 1.29 is 18.7 Å². The maximum absolute atomic E-state index is 13.1. The summed E-state index contributed by atoms with van der Waals surface area (Å²) in [4.78, 5) is 15.7. The number of nitrogens with zero attached hydrogens (tertiary/aromatic N) is 2. The van der Waals surface area contributed by atoms with Crippen molar-refractivity contribution in [1.82, 2.24) is 14.9 Å². The van der Waals surface area contributed by atoms with Gasteiger partial charge in [-0.2, -0.15) is 0 Å². The fraction of sp³-hybridized carbons (Fsp3) is 0.333. The first-order valence-corrected chi connectivity index (χ1v) is 9.45. The van der Waals surface area contributed by atoms with Crippen molar-refractivity contribution in [3.05, 3.63) is 54.1 Å². The highest BCUT2D eigenvalue weighted by atomic mass is 19.1. The van der Waals surface area contributed by atoms with Crippen molar-refractivity contribution >= 4 is 16.9 Å². The molecule has 0 radical (unpaired) electrons. The first-order valence-electron chi connectivity index (χ1n) is 9.45. The van der Waals surface area contributed by atoms with Crippen LogP contribution in [0.3, 0.4) is 0 Å². The molecule has 29 heavy (non-hydrogen) atoms. The molecule has 1 amide bonds. The van der Waals surface area contributed by atoms with Gasteiger partial charge in [0.15, 0.2) is 0 Å². The number of halogens is 1. The van der Waals surface area contributed by atoms with E-state index < -0.39 is 5.91 Å². The Morgan fingerprint density at radius 1 is 1.21 bits per heavy atom. The summed E-state index contributed by atoms with van der Waals surface area (Å²) < 4.78 is 26.7. The lowest BCUT2D eigenvalue weighted by atomic mass is 10.3. The number of hydrogen-bond acceptors (Lipinski definition) is 5. The lowest BCUT2D eigenvalue weighted by Crippen LogP contribution is -2.29. The van der Waals surface area contributed by atoms with E-state index in [0.717, 1.165) is 16.9 Å². The number of carbonyl (C=O) groups is 1. The van der Waals surface area contributed by atoms with Gasteiger partial charge in [0.2, 0.25) is 5.91 Å². The van der Waals surface area contributed by atoms with Gasteiger partial charge in [-0.15, -0.1) is 0 Å². The second-order valence-electron chi connectivity index (χ2n) is 6.88. The second-order valence-corrected chi connectivity index (χ2v) is 6.88. The van der Waals surface area contributed by atoms with Gasteiger partial charge < -0.3 is 25.1 Å². The van der Waals surface area contributed by atoms with Crippen LogP contribution in [0.25, 0.3) is 11.0 Å². The molecule has 1 heterocycles. The maximum atomic E-state index is 13.1. The van der Waals surface area contributed by atoms with Gasteiger partial charge in [-0.3, -0.25) is 4.79 Å². The molecule has 0 spiro atoms. The number of imidazole rings is 1. The van der Waals surface area contributed by atoms with E-state index in [-0.39, 0.29) is 18.5 Å². The van der Waals surface area contributed by atoms with Crippen LogP contribution in [0.1, 0.15) is 19.7 Å². The van der Waals surface area contributed by atoms with E-state index in [4.69, 9.17) is 15.2 Å². The number of benzene rings is 2. The summed E-state index contributed by atoms with van der Waals surface area (Å²) in [5, 5.41) is 3.00. The number of hydrogen-bond donors (Lipinski definition) is 2. The quantitative estimate of drug-likeness (QED) is 0.546. The molecule has 3 rings (SSSR count). The standard InChI is InChI=1S/C21H25FN4O3/c1-14(2)28-10-9-26-19-11-17(29-16-5-3-15(22)4-6-16)7-8-18(19)25-21(26)13-24-12-20(23)27/h3-8,11,14,24H,9-10,12-13H2,1-2H3,(H2,23,27). The normalized spacial score (nSPS) is 11.3. The molecule has 0 aliphatic heterocycles. The Morgan fingerprint density at radius 3 is 2.62 bits per heavy atom. The van der Waals surface area contributed by atoms with Crippen molar-refractivity contribution in [3.63, 3.8) is 0 Å². The molecule has 7 nitrogen and oxygen atoms in total. The van der Waals surface area contributed by atoms with Gasteiger partial charge in [0.25, 0.3) is 0 Å². The van der Waals surface area contributed by atoms with Crippen molar-refractivity contribution in [2.45, 2.75) is 33.0 Å². The molecular weight excluding hydrogens is 375 g/mol. The minimum absolute atomic E-state index is 0.0740. The molecule has 0 aliphatic rings. The molecule has 0 unspecified atom stereocenters. The van der Waals surface area contributed by atoms with E-state index >= 15 is 0 Å². The fourth-order valence-corrected chi connectivity index (χ4v) is 2.92. The van der Waals surface area contributed by atoms with Crippen LogP contribution in [-0.4, -0.2) is 34.7 Å². The van der Waals surface area contributed by atoms with Crippen molar-refractivity contribution in [2.24, 2.45) is 5.73 Å². The number of aromatic nitrogens is 2. The number of nitrogens with two attached hydrogens (primary N) is 1. The second kappa shape index (κ2) is 9.49. The lowest BCUT2D eigenvalue weighted by molar-refractivity contribution is -0.117. The van der Waals surface area contributed by atoms with E-state index in [2.05, 4.69) is 10.3 Å². The third-order valence-electron chi connectivity index (χ3n) is 4.20. The van der Waals surface area contributed by atoms with Crippen LogP contribution in [-0.2, 0) is 22.6 Å². The van der Waals surface area contributed by atoms with E-state index in [9.17, 15) is 9.18 Å². The van der Waals surface area contributed by atoms with E-state index in [1.54, 1.807) is 12.1 Å². The lowest BCUT2D eigenvalue weighted by Gasteiger charge is -2.12. The number of amides is 1. The molecule has 8 heteroatoms. The summed E-state index contributed by atoms with van der Waals surface area (Å²) in [7, 11) is 0. The number of primary amides is 1. The topological polar surface area (TPSA) is 91.4 Å². The van der Waals surface area contributed by atoms with Crippen molar-refractivity contribution in [2.75, 3.05) is 13.2 Å². The Balaban J connectivity index is 1.86. The predicted octanol–water partition coefficient (Wildman–Crippen LogP) is 2.97. The number of rotatable bonds is 10. The molecule has 1 aromatic heterocycles. The largest absolute Gasteiger partial charge is 0.457 e. The van der Waals surface area contributed by atoms with Gasteiger partial charge in [-0.1, -0.05) is 0 Å². The van der Waals surface area contributed by atoms with E-state index in [1.807, 2.05) is 36.6 Å². The van der Waals surface area contributed by atoms with Gasteiger partial charge in [-0.25, -0.2) is 9.37 Å². The summed E-state index contributed by atoms with van der Waals surface area (Å²) in [6.45, 7) is 5.56. The Kier molecular flexibility index (Phi) is 6.79. The first-order chi connectivity index (χ1) is 13.9. The van der Waals surface area contributed by atoms with Crippen molar-refractivity contribution in [1.29, 1.82) is 0 Å². The van der Waals surface area contributed by atoms with Gasteiger partial charge in [0.1, 0.15) is 23.1 Å². The third-order valence-corrected chi connectivity index (χ3v) is 4.20. The Hall–Kier alpha value is -2.97. The highest BCUT2D eigenvalue weighted by molar-refractivity contribution is 5.78. The molecule has 2 aromatic carbocycles. The van der Waals surface area contributed by atoms with Crippen LogP contribution in [0.15, 0.2) is 42.5 Å². The first kappa shape index (κ1) is 20.8. The molecule has 0 aliphatic carbocycles. The average Bonchev–Trinajstić information content (AvgIpc) is 3.00. The monoisotopic (exact) mass is 400 g/mol.